The Morgan fingerprint density at radius 1 is 1.36 bits per heavy atom. The van der Waals surface area contributed by atoms with Crippen LogP contribution in [-0.4, -0.2) is 19.2 Å². The molecule has 4 heteroatoms. The van der Waals surface area contributed by atoms with Gasteiger partial charge in [0.05, 0.1) is 6.61 Å². The largest absolute Gasteiger partial charge is 0.450 e. The molecule has 0 saturated carbocycles. The van der Waals surface area contributed by atoms with Crippen LogP contribution in [0.5, 0.6) is 0 Å². The lowest BCUT2D eigenvalue weighted by molar-refractivity contribution is 0.146. The fraction of sp³-hybridized carbons (Fsp3) is 0.857. The first-order valence-corrected chi connectivity index (χ1v) is 3.71. The molecule has 0 spiro atoms. The third-order valence-electron chi connectivity index (χ3n) is 0.957. The first kappa shape index (κ1) is 12.9. The van der Waals surface area contributed by atoms with E-state index >= 15 is 0 Å². The quantitative estimate of drug-likeness (QED) is 0.660. The monoisotopic (exact) mass is 162 g/mol. The normalized spacial score (nSPS) is 8.18. The van der Waals surface area contributed by atoms with E-state index in [9.17, 15) is 4.79 Å². The summed E-state index contributed by atoms with van der Waals surface area (Å²) in [6.45, 7) is 5.17. The van der Waals surface area contributed by atoms with Gasteiger partial charge in [-0.3, -0.25) is 0 Å². The summed E-state index contributed by atoms with van der Waals surface area (Å²) in [5.41, 5.74) is 0. The van der Waals surface area contributed by atoms with Crippen LogP contribution in [0.15, 0.2) is 0 Å². The number of alkyl carbamates (subject to hydrolysis) is 1. The van der Waals surface area contributed by atoms with Crippen molar-refractivity contribution >= 4 is 6.09 Å². The van der Waals surface area contributed by atoms with E-state index in [0.717, 1.165) is 12.8 Å². The van der Waals surface area contributed by atoms with E-state index in [1.165, 1.54) is 0 Å². The molecule has 0 heterocycles. The van der Waals surface area contributed by atoms with Gasteiger partial charge in [-0.25, -0.2) is 4.79 Å². The second-order valence-corrected chi connectivity index (χ2v) is 2.06. The van der Waals surface area contributed by atoms with Crippen LogP contribution in [0.1, 0.15) is 26.7 Å². The molecule has 0 aliphatic heterocycles. The molecule has 4 nitrogen and oxygen atoms in total. The highest BCUT2D eigenvalue weighted by Gasteiger charge is 1.96. The molecule has 11 heavy (non-hydrogen) atoms. The van der Waals surface area contributed by atoms with Gasteiger partial charge >= 0.3 is 6.09 Å². The van der Waals surface area contributed by atoms with Crippen molar-refractivity contribution in [1.82, 2.24) is 11.5 Å². The number of carbonyl (C=O) groups is 1. The standard InChI is InChI=1S/C7H15NO2.H3N/c1-3-5-8-7(9)10-6-4-2;/h3-6H2,1-2H3,(H,8,9);1H3. The maximum atomic E-state index is 10.6. The Kier molecular flexibility index (Phi) is 10.8. The van der Waals surface area contributed by atoms with E-state index in [4.69, 9.17) is 4.74 Å². The molecule has 0 aromatic heterocycles. The predicted octanol–water partition coefficient (Wildman–Crippen LogP) is 1.69. The van der Waals surface area contributed by atoms with Gasteiger partial charge in [-0.1, -0.05) is 13.8 Å². The number of rotatable bonds is 4. The van der Waals surface area contributed by atoms with Gasteiger partial charge in [-0.2, -0.15) is 0 Å². The SMILES string of the molecule is CCCNC(=O)OCCC.N. The molecule has 0 atom stereocenters. The van der Waals surface area contributed by atoms with Crippen LogP contribution in [0, 0.1) is 0 Å². The van der Waals surface area contributed by atoms with Crippen molar-refractivity contribution in [1.29, 1.82) is 0 Å². The minimum absolute atomic E-state index is 0. The lowest BCUT2D eigenvalue weighted by Crippen LogP contribution is -2.25. The third kappa shape index (κ3) is 9.23. The average molecular weight is 162 g/mol. The number of amides is 1. The Bertz CT molecular complexity index is 86.4. The van der Waals surface area contributed by atoms with Crippen molar-refractivity contribution in [3.63, 3.8) is 0 Å². The number of nitrogens with one attached hydrogen (secondary N) is 1. The van der Waals surface area contributed by atoms with Crippen LogP contribution in [-0.2, 0) is 4.74 Å². The van der Waals surface area contributed by atoms with Crippen molar-refractivity contribution in [3.05, 3.63) is 0 Å². The van der Waals surface area contributed by atoms with Crippen LogP contribution < -0.4 is 11.5 Å². The van der Waals surface area contributed by atoms with E-state index in [1.54, 1.807) is 0 Å². The van der Waals surface area contributed by atoms with Crippen LogP contribution in [0.3, 0.4) is 0 Å². The Morgan fingerprint density at radius 2 is 2.00 bits per heavy atom. The minimum Gasteiger partial charge on any atom is -0.450 e. The summed E-state index contributed by atoms with van der Waals surface area (Å²) >= 11 is 0. The summed E-state index contributed by atoms with van der Waals surface area (Å²) < 4.78 is 4.74. The summed E-state index contributed by atoms with van der Waals surface area (Å²) in [6.07, 6.45) is 1.52. The zero-order chi connectivity index (χ0) is 7.82. The molecule has 0 aliphatic rings. The van der Waals surface area contributed by atoms with Gasteiger partial charge in [0.2, 0.25) is 0 Å². The molecule has 0 rings (SSSR count). The number of carbonyl (C=O) groups excluding carboxylic acids is 1. The van der Waals surface area contributed by atoms with Crippen LogP contribution in [0.25, 0.3) is 0 Å². The van der Waals surface area contributed by atoms with Gasteiger partial charge in [-0.05, 0) is 12.8 Å². The second-order valence-electron chi connectivity index (χ2n) is 2.06. The van der Waals surface area contributed by atoms with E-state index in [1.807, 2.05) is 13.8 Å². The van der Waals surface area contributed by atoms with Gasteiger partial charge in [0, 0.05) is 6.54 Å². The Labute approximate surface area is 67.9 Å². The van der Waals surface area contributed by atoms with Crippen molar-refractivity contribution in [2.75, 3.05) is 13.2 Å². The van der Waals surface area contributed by atoms with E-state index < -0.39 is 0 Å². The summed E-state index contributed by atoms with van der Waals surface area (Å²) in [5, 5.41) is 2.61. The molecule has 0 radical (unpaired) electrons. The van der Waals surface area contributed by atoms with Crippen LogP contribution >= 0.6 is 0 Å². The topological polar surface area (TPSA) is 73.3 Å². The lowest BCUT2D eigenvalue weighted by Gasteiger charge is -2.02. The zero-order valence-electron chi connectivity index (χ0n) is 7.35. The highest BCUT2D eigenvalue weighted by molar-refractivity contribution is 5.66. The molecule has 4 N–H and O–H groups in total. The van der Waals surface area contributed by atoms with Crippen LogP contribution in [0.2, 0.25) is 0 Å². The summed E-state index contributed by atoms with van der Waals surface area (Å²) in [4.78, 5) is 10.6. The first-order chi connectivity index (χ1) is 4.81. The zero-order valence-corrected chi connectivity index (χ0v) is 7.35. The highest BCUT2D eigenvalue weighted by Crippen LogP contribution is 1.81. The Balaban J connectivity index is 0. The lowest BCUT2D eigenvalue weighted by atomic mass is 10.5. The fourth-order valence-corrected chi connectivity index (χ4v) is 0.473. The van der Waals surface area contributed by atoms with E-state index in [0.29, 0.717) is 13.2 Å². The smallest absolute Gasteiger partial charge is 0.407 e. The molecule has 1 amide bonds. The summed E-state index contributed by atoms with van der Waals surface area (Å²) in [5.74, 6) is 0. The van der Waals surface area contributed by atoms with Crippen LogP contribution in [0.4, 0.5) is 4.79 Å². The summed E-state index contributed by atoms with van der Waals surface area (Å²) in [7, 11) is 0. The van der Waals surface area contributed by atoms with Gasteiger partial charge in [0.15, 0.2) is 0 Å². The molecule has 0 aliphatic carbocycles. The molecule has 0 saturated heterocycles. The van der Waals surface area contributed by atoms with Gasteiger partial charge in [0.25, 0.3) is 0 Å². The molecular formula is C7H18N2O2. The molecular weight excluding hydrogens is 144 g/mol. The number of hydrogen-bond donors (Lipinski definition) is 2. The maximum Gasteiger partial charge on any atom is 0.407 e. The first-order valence-electron chi connectivity index (χ1n) is 3.71. The molecule has 0 unspecified atom stereocenters. The van der Waals surface area contributed by atoms with E-state index in [-0.39, 0.29) is 12.2 Å². The molecule has 0 bridgehead atoms. The van der Waals surface area contributed by atoms with Crippen molar-refractivity contribution < 1.29 is 9.53 Å². The number of ether oxygens (including phenoxy) is 1. The summed E-state index contributed by atoms with van der Waals surface area (Å²) in [6, 6.07) is 0. The minimum atomic E-state index is -0.302. The molecule has 68 valence electrons. The van der Waals surface area contributed by atoms with Crippen molar-refractivity contribution in [2.45, 2.75) is 26.7 Å². The third-order valence-corrected chi connectivity index (χ3v) is 0.957. The molecule has 0 aromatic carbocycles. The van der Waals surface area contributed by atoms with E-state index in [2.05, 4.69) is 5.32 Å². The molecule has 0 aromatic rings. The molecule has 0 fully saturated rings. The average Bonchev–Trinajstić information content (AvgIpc) is 1.97. The van der Waals surface area contributed by atoms with Crippen molar-refractivity contribution in [3.8, 4) is 0 Å². The second kappa shape index (κ2) is 9.23. The Hall–Kier alpha value is -0.770. The van der Waals surface area contributed by atoms with Crippen molar-refractivity contribution in [2.24, 2.45) is 0 Å². The van der Waals surface area contributed by atoms with Gasteiger partial charge in [0.1, 0.15) is 0 Å². The predicted molar refractivity (Wildman–Crippen MR) is 45.0 cm³/mol. The number of hydrogen-bond acceptors (Lipinski definition) is 3. The van der Waals surface area contributed by atoms with Gasteiger partial charge in [-0.15, -0.1) is 0 Å². The fourth-order valence-electron chi connectivity index (χ4n) is 0.473. The van der Waals surface area contributed by atoms with Gasteiger partial charge < -0.3 is 16.2 Å². The highest BCUT2D eigenvalue weighted by atomic mass is 16.5. The Morgan fingerprint density at radius 3 is 2.45 bits per heavy atom. The maximum absolute atomic E-state index is 10.6.